The summed E-state index contributed by atoms with van der Waals surface area (Å²) in [5.41, 5.74) is 1.23. The van der Waals surface area contributed by atoms with Crippen LogP contribution in [0, 0.1) is 0 Å². The smallest absolute Gasteiger partial charge is 0.387 e. The SMILES string of the molecule is CN(CCC(=O)NC(=O)Nc1ccc2c(c1)OCCO2)Cc1cccc(OC(F)F)c1. The molecular weight excluding hydrogens is 412 g/mol. The van der Waals surface area contributed by atoms with Crippen LogP contribution in [0.15, 0.2) is 42.5 Å². The minimum atomic E-state index is -2.88. The molecule has 1 aliphatic heterocycles. The zero-order chi connectivity index (χ0) is 22.2. The molecule has 2 aromatic rings. The maximum absolute atomic E-state index is 12.3. The fourth-order valence-corrected chi connectivity index (χ4v) is 2.98. The summed E-state index contributed by atoms with van der Waals surface area (Å²) in [6.07, 6.45) is 0.0816. The third-order valence-electron chi connectivity index (χ3n) is 4.35. The molecule has 0 spiro atoms. The van der Waals surface area contributed by atoms with Gasteiger partial charge in [0.2, 0.25) is 5.91 Å². The highest BCUT2D eigenvalue weighted by Gasteiger charge is 2.14. The standard InChI is InChI=1S/C21H23F2N3O5/c1-26(13-14-3-2-4-16(11-14)31-20(22)23)8-7-19(27)25-21(28)24-15-5-6-17-18(12-15)30-10-9-29-17/h2-6,11-12,20H,7-10,13H2,1H3,(H2,24,25,27,28). The monoisotopic (exact) mass is 435 g/mol. The number of ether oxygens (including phenoxy) is 3. The van der Waals surface area contributed by atoms with Gasteiger partial charge in [-0.2, -0.15) is 8.78 Å². The molecule has 0 saturated carbocycles. The van der Waals surface area contributed by atoms with E-state index in [0.29, 0.717) is 43.5 Å². The van der Waals surface area contributed by atoms with E-state index in [9.17, 15) is 18.4 Å². The van der Waals surface area contributed by atoms with E-state index >= 15 is 0 Å². The second kappa shape index (κ2) is 10.6. The zero-order valence-electron chi connectivity index (χ0n) is 16.9. The van der Waals surface area contributed by atoms with Crippen molar-refractivity contribution in [1.82, 2.24) is 10.2 Å². The number of amides is 3. The van der Waals surface area contributed by atoms with Crippen molar-refractivity contribution in [3.8, 4) is 17.2 Å². The van der Waals surface area contributed by atoms with Crippen molar-refractivity contribution < 1.29 is 32.6 Å². The summed E-state index contributed by atoms with van der Waals surface area (Å²) in [7, 11) is 1.78. The molecule has 166 valence electrons. The molecule has 0 atom stereocenters. The number of halogens is 2. The van der Waals surface area contributed by atoms with Gasteiger partial charge in [0.25, 0.3) is 0 Å². The Hall–Kier alpha value is -3.40. The molecule has 1 heterocycles. The summed E-state index contributed by atoms with van der Waals surface area (Å²) in [6, 6.07) is 10.7. The van der Waals surface area contributed by atoms with E-state index in [0.717, 1.165) is 5.56 Å². The molecule has 2 N–H and O–H groups in total. The van der Waals surface area contributed by atoms with E-state index < -0.39 is 18.5 Å². The quantitative estimate of drug-likeness (QED) is 0.662. The molecule has 0 bridgehead atoms. The van der Waals surface area contributed by atoms with E-state index in [2.05, 4.69) is 15.4 Å². The molecule has 10 heteroatoms. The Bertz CT molecular complexity index is 926. The van der Waals surface area contributed by atoms with Gasteiger partial charge in [0, 0.05) is 31.3 Å². The Morgan fingerprint density at radius 2 is 1.90 bits per heavy atom. The highest BCUT2D eigenvalue weighted by Crippen LogP contribution is 2.32. The molecule has 8 nitrogen and oxygen atoms in total. The van der Waals surface area contributed by atoms with Crippen LogP contribution in [0.25, 0.3) is 0 Å². The predicted molar refractivity (Wildman–Crippen MR) is 109 cm³/mol. The first-order valence-electron chi connectivity index (χ1n) is 9.62. The lowest BCUT2D eigenvalue weighted by Crippen LogP contribution is -2.36. The molecule has 0 fully saturated rings. The number of urea groups is 1. The Kier molecular flexibility index (Phi) is 7.60. The third-order valence-corrected chi connectivity index (χ3v) is 4.35. The van der Waals surface area contributed by atoms with Crippen LogP contribution in [0.3, 0.4) is 0 Å². The summed E-state index contributed by atoms with van der Waals surface area (Å²) in [6.45, 7) is -1.19. The first kappa shape index (κ1) is 22.3. The third kappa shape index (κ3) is 7.10. The Morgan fingerprint density at radius 3 is 2.68 bits per heavy atom. The average Bonchev–Trinajstić information content (AvgIpc) is 2.72. The second-order valence-corrected chi connectivity index (χ2v) is 6.87. The van der Waals surface area contributed by atoms with Crippen molar-refractivity contribution in [2.45, 2.75) is 19.6 Å². The molecule has 0 radical (unpaired) electrons. The van der Waals surface area contributed by atoms with Gasteiger partial charge in [0.15, 0.2) is 11.5 Å². The second-order valence-electron chi connectivity index (χ2n) is 6.87. The van der Waals surface area contributed by atoms with Crippen molar-refractivity contribution in [3.05, 3.63) is 48.0 Å². The molecule has 0 aromatic heterocycles. The highest BCUT2D eigenvalue weighted by molar-refractivity contribution is 6.01. The number of alkyl halides is 2. The lowest BCUT2D eigenvalue weighted by Gasteiger charge is -2.19. The van der Waals surface area contributed by atoms with Crippen LogP contribution >= 0.6 is 0 Å². The van der Waals surface area contributed by atoms with E-state index in [1.165, 1.54) is 12.1 Å². The van der Waals surface area contributed by atoms with Gasteiger partial charge in [-0.3, -0.25) is 10.1 Å². The maximum Gasteiger partial charge on any atom is 0.387 e. The average molecular weight is 435 g/mol. The highest BCUT2D eigenvalue weighted by atomic mass is 19.3. The molecule has 3 amide bonds. The predicted octanol–water partition coefficient (Wildman–Crippen LogP) is 3.23. The first-order valence-corrected chi connectivity index (χ1v) is 9.62. The van der Waals surface area contributed by atoms with Crippen LogP contribution < -0.4 is 24.8 Å². The van der Waals surface area contributed by atoms with Gasteiger partial charge in [0.05, 0.1) is 0 Å². The summed E-state index contributed by atoms with van der Waals surface area (Å²) in [4.78, 5) is 25.9. The molecule has 1 aliphatic rings. The number of nitrogens with one attached hydrogen (secondary N) is 2. The van der Waals surface area contributed by atoms with Crippen molar-refractivity contribution in [2.24, 2.45) is 0 Å². The molecule has 2 aromatic carbocycles. The number of carbonyl (C=O) groups is 2. The van der Waals surface area contributed by atoms with Crippen molar-refractivity contribution >= 4 is 17.6 Å². The summed E-state index contributed by atoms with van der Waals surface area (Å²) in [5.74, 6) is 0.758. The van der Waals surface area contributed by atoms with E-state index in [1.807, 2.05) is 4.90 Å². The van der Waals surface area contributed by atoms with Crippen molar-refractivity contribution in [2.75, 3.05) is 32.1 Å². The number of anilines is 1. The van der Waals surface area contributed by atoms with Crippen LogP contribution in [-0.4, -0.2) is 50.3 Å². The number of benzene rings is 2. The van der Waals surface area contributed by atoms with E-state index in [4.69, 9.17) is 9.47 Å². The van der Waals surface area contributed by atoms with Gasteiger partial charge >= 0.3 is 12.6 Å². The minimum absolute atomic E-state index is 0.0782. The van der Waals surface area contributed by atoms with Crippen LogP contribution in [0.5, 0.6) is 17.2 Å². The summed E-state index contributed by atoms with van der Waals surface area (Å²) >= 11 is 0. The minimum Gasteiger partial charge on any atom is -0.486 e. The Morgan fingerprint density at radius 1 is 1.13 bits per heavy atom. The number of rotatable bonds is 8. The normalized spacial score (nSPS) is 12.5. The van der Waals surface area contributed by atoms with Crippen LogP contribution in [-0.2, 0) is 11.3 Å². The van der Waals surface area contributed by atoms with Gasteiger partial charge in [-0.15, -0.1) is 0 Å². The largest absolute Gasteiger partial charge is 0.486 e. The van der Waals surface area contributed by atoms with Crippen LogP contribution in [0.1, 0.15) is 12.0 Å². The fourth-order valence-electron chi connectivity index (χ4n) is 2.98. The molecular formula is C21H23F2N3O5. The van der Waals surface area contributed by atoms with Gasteiger partial charge in [-0.05, 0) is 36.9 Å². The number of fused-ring (bicyclic) bond motifs is 1. The fraction of sp³-hybridized carbons (Fsp3) is 0.333. The number of hydrogen-bond donors (Lipinski definition) is 2. The summed E-state index contributed by atoms with van der Waals surface area (Å²) in [5, 5.41) is 4.84. The Labute approximate surface area is 178 Å². The maximum atomic E-state index is 12.3. The topological polar surface area (TPSA) is 89.1 Å². The lowest BCUT2D eigenvalue weighted by molar-refractivity contribution is -0.120. The van der Waals surface area contributed by atoms with Crippen LogP contribution in [0.2, 0.25) is 0 Å². The number of nitrogens with zero attached hydrogens (tertiary/aromatic N) is 1. The van der Waals surface area contributed by atoms with Gasteiger partial charge in [-0.1, -0.05) is 12.1 Å². The number of imide groups is 1. The van der Waals surface area contributed by atoms with Gasteiger partial charge in [-0.25, -0.2) is 4.79 Å². The van der Waals surface area contributed by atoms with Gasteiger partial charge < -0.3 is 24.4 Å². The number of hydrogen-bond acceptors (Lipinski definition) is 6. The number of carbonyl (C=O) groups excluding carboxylic acids is 2. The van der Waals surface area contributed by atoms with Crippen molar-refractivity contribution in [1.29, 1.82) is 0 Å². The molecule has 0 unspecified atom stereocenters. The van der Waals surface area contributed by atoms with E-state index in [1.54, 1.807) is 37.4 Å². The van der Waals surface area contributed by atoms with E-state index in [-0.39, 0.29) is 12.2 Å². The zero-order valence-corrected chi connectivity index (χ0v) is 16.9. The van der Waals surface area contributed by atoms with Crippen LogP contribution in [0.4, 0.5) is 19.3 Å². The molecule has 0 saturated heterocycles. The first-order chi connectivity index (χ1) is 14.9. The van der Waals surface area contributed by atoms with Crippen molar-refractivity contribution in [3.63, 3.8) is 0 Å². The molecule has 31 heavy (non-hydrogen) atoms. The summed E-state index contributed by atoms with van der Waals surface area (Å²) < 4.78 is 39.9. The van der Waals surface area contributed by atoms with Gasteiger partial charge in [0.1, 0.15) is 19.0 Å². The Balaban J connectivity index is 1.41. The lowest BCUT2D eigenvalue weighted by atomic mass is 10.2. The molecule has 3 rings (SSSR count). The molecule has 0 aliphatic carbocycles.